The Morgan fingerprint density at radius 2 is 1.86 bits per heavy atom. The van der Waals surface area contributed by atoms with Crippen molar-refractivity contribution < 1.29 is 9.59 Å². The molecule has 1 saturated heterocycles. The Bertz CT molecular complexity index is 569. The van der Waals surface area contributed by atoms with Gasteiger partial charge in [0.15, 0.2) is 0 Å². The quantitative estimate of drug-likeness (QED) is 0.927. The van der Waals surface area contributed by atoms with Gasteiger partial charge in [-0.3, -0.25) is 9.59 Å². The summed E-state index contributed by atoms with van der Waals surface area (Å²) in [5.74, 6) is 1.28. The summed E-state index contributed by atoms with van der Waals surface area (Å²) in [7, 11) is 0. The zero-order valence-electron chi connectivity index (χ0n) is 12.7. The molecular weight excluding hydrogens is 300 g/mol. The Morgan fingerprint density at radius 3 is 2.50 bits per heavy atom. The van der Waals surface area contributed by atoms with Gasteiger partial charge in [-0.05, 0) is 62.3 Å². The number of hydrogen-bond donors (Lipinski definition) is 1. The second-order valence-electron chi connectivity index (χ2n) is 6.37. The van der Waals surface area contributed by atoms with Gasteiger partial charge in [-0.1, -0.05) is 11.6 Å². The number of nitrogens with one attached hydrogen (secondary N) is 1. The minimum atomic E-state index is -0.499. The maximum Gasteiger partial charge on any atom is 0.251 e. The van der Waals surface area contributed by atoms with E-state index in [-0.39, 0.29) is 11.8 Å². The lowest BCUT2D eigenvalue weighted by Gasteiger charge is -2.22. The molecule has 1 saturated carbocycles. The van der Waals surface area contributed by atoms with E-state index in [1.54, 1.807) is 31.2 Å². The Labute approximate surface area is 135 Å². The summed E-state index contributed by atoms with van der Waals surface area (Å²) >= 11 is 5.81. The fourth-order valence-electron chi connectivity index (χ4n) is 3.16. The second kappa shape index (κ2) is 6.29. The van der Waals surface area contributed by atoms with Crippen LogP contribution in [0.15, 0.2) is 24.3 Å². The minimum absolute atomic E-state index is 0.0189. The van der Waals surface area contributed by atoms with Crippen LogP contribution in [0.2, 0.25) is 5.02 Å². The van der Waals surface area contributed by atoms with Crippen LogP contribution in [0.5, 0.6) is 0 Å². The van der Waals surface area contributed by atoms with Gasteiger partial charge in [0.05, 0.1) is 0 Å². The molecule has 1 heterocycles. The molecule has 3 rings (SSSR count). The third-order valence-corrected chi connectivity index (χ3v) is 4.90. The van der Waals surface area contributed by atoms with E-state index in [9.17, 15) is 9.59 Å². The first-order valence-corrected chi connectivity index (χ1v) is 8.27. The summed E-state index contributed by atoms with van der Waals surface area (Å²) < 4.78 is 0. The fraction of sp³-hybridized carbons (Fsp3) is 0.529. The van der Waals surface area contributed by atoms with Gasteiger partial charge in [0, 0.05) is 23.7 Å². The standard InChI is InChI=1S/C17H21ClN2O2/c1-11(19-16(21)13-4-6-15(18)7-5-13)17(22)20-9-8-14(10-20)12-2-3-12/h4-7,11-12,14H,2-3,8-10H2,1H3,(H,19,21). The smallest absolute Gasteiger partial charge is 0.251 e. The molecule has 5 heteroatoms. The molecule has 0 bridgehead atoms. The van der Waals surface area contributed by atoms with Crippen LogP contribution in [0.1, 0.15) is 36.5 Å². The van der Waals surface area contributed by atoms with Crippen LogP contribution in [0.3, 0.4) is 0 Å². The van der Waals surface area contributed by atoms with Crippen molar-refractivity contribution in [2.75, 3.05) is 13.1 Å². The summed E-state index contributed by atoms with van der Waals surface area (Å²) in [6.07, 6.45) is 3.74. The van der Waals surface area contributed by atoms with Crippen LogP contribution >= 0.6 is 11.6 Å². The van der Waals surface area contributed by atoms with Gasteiger partial charge in [0.1, 0.15) is 6.04 Å². The van der Waals surface area contributed by atoms with Crippen LogP contribution in [-0.2, 0) is 4.79 Å². The molecule has 118 valence electrons. The normalized spacial score (nSPS) is 22.5. The highest BCUT2D eigenvalue weighted by Crippen LogP contribution is 2.41. The zero-order chi connectivity index (χ0) is 15.7. The van der Waals surface area contributed by atoms with Crippen LogP contribution in [0, 0.1) is 11.8 Å². The van der Waals surface area contributed by atoms with E-state index in [1.807, 2.05) is 4.90 Å². The predicted octanol–water partition coefficient (Wildman–Crippen LogP) is 2.72. The van der Waals surface area contributed by atoms with Gasteiger partial charge in [0.2, 0.25) is 5.91 Å². The van der Waals surface area contributed by atoms with Crippen molar-refractivity contribution in [1.29, 1.82) is 0 Å². The molecule has 2 aliphatic rings. The van der Waals surface area contributed by atoms with E-state index in [4.69, 9.17) is 11.6 Å². The van der Waals surface area contributed by atoms with Gasteiger partial charge in [0.25, 0.3) is 5.91 Å². The van der Waals surface area contributed by atoms with E-state index < -0.39 is 6.04 Å². The Kier molecular flexibility index (Phi) is 4.39. The lowest BCUT2D eigenvalue weighted by atomic mass is 10.0. The second-order valence-corrected chi connectivity index (χ2v) is 6.81. The average Bonchev–Trinajstić information content (AvgIpc) is 3.24. The number of benzene rings is 1. The van der Waals surface area contributed by atoms with Crippen molar-refractivity contribution >= 4 is 23.4 Å². The number of rotatable bonds is 4. The predicted molar refractivity (Wildman–Crippen MR) is 85.8 cm³/mol. The van der Waals surface area contributed by atoms with Crippen molar-refractivity contribution in [3.63, 3.8) is 0 Å². The Morgan fingerprint density at radius 1 is 1.18 bits per heavy atom. The monoisotopic (exact) mass is 320 g/mol. The number of halogens is 1. The molecule has 0 spiro atoms. The summed E-state index contributed by atoms with van der Waals surface area (Å²) in [6.45, 7) is 3.42. The zero-order valence-corrected chi connectivity index (χ0v) is 13.5. The highest BCUT2D eigenvalue weighted by atomic mass is 35.5. The Balaban J connectivity index is 1.54. The SMILES string of the molecule is CC(NC(=O)c1ccc(Cl)cc1)C(=O)N1CCC(C2CC2)C1. The van der Waals surface area contributed by atoms with Gasteiger partial charge < -0.3 is 10.2 Å². The van der Waals surface area contributed by atoms with Gasteiger partial charge >= 0.3 is 0 Å². The van der Waals surface area contributed by atoms with Gasteiger partial charge in [-0.25, -0.2) is 0 Å². The largest absolute Gasteiger partial charge is 0.341 e. The van der Waals surface area contributed by atoms with Crippen LogP contribution in [-0.4, -0.2) is 35.8 Å². The van der Waals surface area contributed by atoms with Gasteiger partial charge in [-0.2, -0.15) is 0 Å². The fourth-order valence-corrected chi connectivity index (χ4v) is 3.28. The highest BCUT2D eigenvalue weighted by molar-refractivity contribution is 6.30. The van der Waals surface area contributed by atoms with Crippen molar-refractivity contribution in [2.24, 2.45) is 11.8 Å². The van der Waals surface area contributed by atoms with Crippen molar-refractivity contribution in [1.82, 2.24) is 10.2 Å². The lowest BCUT2D eigenvalue weighted by Crippen LogP contribution is -2.46. The molecule has 1 aromatic rings. The molecule has 2 fully saturated rings. The summed E-state index contributed by atoms with van der Waals surface area (Å²) in [6, 6.07) is 6.16. The average molecular weight is 321 g/mol. The number of nitrogens with zero attached hydrogens (tertiary/aromatic N) is 1. The summed E-state index contributed by atoms with van der Waals surface area (Å²) in [5.41, 5.74) is 0.515. The molecule has 4 nitrogen and oxygen atoms in total. The number of carbonyl (C=O) groups is 2. The summed E-state index contributed by atoms with van der Waals surface area (Å²) in [5, 5.41) is 3.37. The molecule has 2 atom stereocenters. The number of hydrogen-bond acceptors (Lipinski definition) is 2. The van der Waals surface area contributed by atoms with Crippen molar-refractivity contribution in [3.05, 3.63) is 34.9 Å². The first-order valence-electron chi connectivity index (χ1n) is 7.90. The van der Waals surface area contributed by atoms with Crippen LogP contribution < -0.4 is 5.32 Å². The molecule has 2 unspecified atom stereocenters. The first-order chi connectivity index (χ1) is 10.5. The third kappa shape index (κ3) is 3.43. The molecule has 1 aliphatic carbocycles. The Hall–Kier alpha value is -1.55. The van der Waals surface area contributed by atoms with Crippen molar-refractivity contribution in [2.45, 2.75) is 32.2 Å². The number of carbonyl (C=O) groups excluding carboxylic acids is 2. The lowest BCUT2D eigenvalue weighted by molar-refractivity contribution is -0.131. The molecule has 22 heavy (non-hydrogen) atoms. The molecule has 0 aromatic heterocycles. The maximum absolute atomic E-state index is 12.4. The highest BCUT2D eigenvalue weighted by Gasteiger charge is 2.38. The van der Waals surface area contributed by atoms with E-state index >= 15 is 0 Å². The molecular formula is C17H21ClN2O2. The molecule has 2 amide bonds. The summed E-state index contributed by atoms with van der Waals surface area (Å²) in [4.78, 5) is 26.5. The molecule has 0 radical (unpaired) electrons. The van der Waals surface area contributed by atoms with Crippen LogP contribution in [0.25, 0.3) is 0 Å². The first kappa shape index (κ1) is 15.3. The molecule has 1 aliphatic heterocycles. The van der Waals surface area contributed by atoms with E-state index in [2.05, 4.69) is 5.32 Å². The van der Waals surface area contributed by atoms with Crippen LogP contribution in [0.4, 0.5) is 0 Å². The van der Waals surface area contributed by atoms with E-state index in [1.165, 1.54) is 12.8 Å². The number of amides is 2. The van der Waals surface area contributed by atoms with Crippen molar-refractivity contribution in [3.8, 4) is 0 Å². The molecule has 1 aromatic carbocycles. The maximum atomic E-state index is 12.4. The van der Waals surface area contributed by atoms with Gasteiger partial charge in [-0.15, -0.1) is 0 Å². The number of likely N-dealkylation sites (tertiary alicyclic amines) is 1. The van der Waals surface area contributed by atoms with E-state index in [0.717, 1.165) is 25.4 Å². The minimum Gasteiger partial charge on any atom is -0.341 e. The van der Waals surface area contributed by atoms with E-state index in [0.29, 0.717) is 16.5 Å². The topological polar surface area (TPSA) is 49.4 Å². The third-order valence-electron chi connectivity index (χ3n) is 4.65. The molecule has 1 N–H and O–H groups in total.